The number of aromatic nitrogens is 1. The maximum atomic E-state index is 6.22. The number of fused-ring (bicyclic) bond motifs is 2. The van der Waals surface area contributed by atoms with Crippen LogP contribution in [0, 0.1) is 0 Å². The van der Waals surface area contributed by atoms with E-state index in [1.165, 1.54) is 24.1 Å². The molecule has 29 heavy (non-hydrogen) atoms. The molecular formula is C25H21ClN2O. The zero-order valence-electron chi connectivity index (χ0n) is 16.0. The van der Waals surface area contributed by atoms with Crippen molar-refractivity contribution in [2.75, 3.05) is 5.32 Å². The summed E-state index contributed by atoms with van der Waals surface area (Å²) in [7, 11) is 0. The summed E-state index contributed by atoms with van der Waals surface area (Å²) in [6.07, 6.45) is 4.47. The van der Waals surface area contributed by atoms with E-state index in [-0.39, 0.29) is 0 Å². The molecule has 0 aliphatic heterocycles. The first-order chi connectivity index (χ1) is 14.3. The molecule has 0 spiro atoms. The number of benzene rings is 3. The van der Waals surface area contributed by atoms with E-state index in [1.54, 1.807) is 0 Å². The molecule has 3 nitrogen and oxygen atoms in total. The van der Waals surface area contributed by atoms with Crippen molar-refractivity contribution < 1.29 is 4.74 Å². The van der Waals surface area contributed by atoms with E-state index in [1.807, 2.05) is 54.6 Å². The van der Waals surface area contributed by atoms with Crippen LogP contribution in [0.1, 0.15) is 24.1 Å². The zero-order chi connectivity index (χ0) is 19.6. The molecule has 1 heterocycles. The highest BCUT2D eigenvalue weighted by Crippen LogP contribution is 2.36. The van der Waals surface area contributed by atoms with Gasteiger partial charge in [0.1, 0.15) is 11.5 Å². The Morgan fingerprint density at radius 2 is 1.59 bits per heavy atom. The molecule has 5 rings (SSSR count). The van der Waals surface area contributed by atoms with Crippen LogP contribution in [0.25, 0.3) is 10.9 Å². The minimum atomic E-state index is 0.717. The topological polar surface area (TPSA) is 34.1 Å². The van der Waals surface area contributed by atoms with Gasteiger partial charge in [0, 0.05) is 21.8 Å². The first-order valence-corrected chi connectivity index (χ1v) is 10.3. The van der Waals surface area contributed by atoms with Gasteiger partial charge in [-0.2, -0.15) is 0 Å². The summed E-state index contributed by atoms with van der Waals surface area (Å²) in [5, 5.41) is 5.47. The van der Waals surface area contributed by atoms with Crippen molar-refractivity contribution in [2.24, 2.45) is 0 Å². The van der Waals surface area contributed by atoms with Gasteiger partial charge >= 0.3 is 0 Å². The summed E-state index contributed by atoms with van der Waals surface area (Å²) < 4.78 is 5.91. The summed E-state index contributed by atoms with van der Waals surface area (Å²) in [6.45, 7) is 0. The molecule has 0 saturated carbocycles. The number of halogens is 1. The lowest BCUT2D eigenvalue weighted by molar-refractivity contribution is 0.483. The number of nitrogens with one attached hydrogen (secondary N) is 1. The predicted molar refractivity (Wildman–Crippen MR) is 120 cm³/mol. The number of nitrogens with zero attached hydrogens (tertiary/aromatic N) is 1. The molecule has 1 N–H and O–H groups in total. The van der Waals surface area contributed by atoms with Gasteiger partial charge < -0.3 is 10.1 Å². The Bertz CT molecular complexity index is 1160. The van der Waals surface area contributed by atoms with E-state index >= 15 is 0 Å². The van der Waals surface area contributed by atoms with Crippen LogP contribution >= 0.6 is 11.6 Å². The molecule has 4 heteroatoms. The van der Waals surface area contributed by atoms with E-state index in [9.17, 15) is 0 Å². The molecule has 4 aromatic rings. The van der Waals surface area contributed by atoms with Gasteiger partial charge in [-0.1, -0.05) is 29.8 Å². The van der Waals surface area contributed by atoms with Crippen molar-refractivity contribution in [3.63, 3.8) is 0 Å². The van der Waals surface area contributed by atoms with E-state index in [2.05, 4.69) is 23.5 Å². The van der Waals surface area contributed by atoms with Crippen molar-refractivity contribution >= 4 is 33.9 Å². The minimum Gasteiger partial charge on any atom is -0.457 e. The van der Waals surface area contributed by atoms with Crippen LogP contribution in [0.15, 0.2) is 72.8 Å². The SMILES string of the molecule is Clc1ccc2c(Nc3ccc(Oc4ccccc4)cc3)c3c(nc2c1)CCCC3. The number of hydrogen-bond donors (Lipinski definition) is 1. The second-order valence-corrected chi connectivity index (χ2v) is 7.78. The maximum Gasteiger partial charge on any atom is 0.127 e. The molecule has 144 valence electrons. The first-order valence-electron chi connectivity index (χ1n) is 9.97. The summed E-state index contributed by atoms with van der Waals surface area (Å²) in [5.41, 5.74) is 5.65. The number of rotatable bonds is 4. The Morgan fingerprint density at radius 3 is 2.41 bits per heavy atom. The molecule has 0 saturated heterocycles. The molecule has 0 radical (unpaired) electrons. The fraction of sp³-hybridized carbons (Fsp3) is 0.160. The normalized spacial score (nSPS) is 13.1. The molecule has 0 amide bonds. The second-order valence-electron chi connectivity index (χ2n) is 7.35. The van der Waals surface area contributed by atoms with Crippen LogP contribution in [0.4, 0.5) is 11.4 Å². The number of para-hydroxylation sites is 1. The number of hydrogen-bond acceptors (Lipinski definition) is 3. The molecule has 1 aliphatic carbocycles. The van der Waals surface area contributed by atoms with Gasteiger partial charge in [0.05, 0.1) is 11.2 Å². The fourth-order valence-corrected chi connectivity index (χ4v) is 4.08. The van der Waals surface area contributed by atoms with Crippen molar-refractivity contribution in [3.05, 3.63) is 89.1 Å². The lowest BCUT2D eigenvalue weighted by atomic mass is 9.92. The summed E-state index contributed by atoms with van der Waals surface area (Å²) in [5.74, 6) is 1.65. The largest absolute Gasteiger partial charge is 0.457 e. The van der Waals surface area contributed by atoms with Crippen LogP contribution in [-0.4, -0.2) is 4.98 Å². The quantitative estimate of drug-likeness (QED) is 0.390. The summed E-state index contributed by atoms with van der Waals surface area (Å²) >= 11 is 6.22. The number of aryl methyl sites for hydroxylation is 1. The highest BCUT2D eigenvalue weighted by Gasteiger charge is 2.18. The highest BCUT2D eigenvalue weighted by atomic mass is 35.5. The van der Waals surface area contributed by atoms with Gasteiger partial charge in [0.15, 0.2) is 0 Å². The van der Waals surface area contributed by atoms with E-state index in [0.717, 1.165) is 46.6 Å². The van der Waals surface area contributed by atoms with Crippen molar-refractivity contribution in [2.45, 2.75) is 25.7 Å². The standard InChI is InChI=1S/C25H21ClN2O/c26-17-10-15-22-24(16-17)28-23-9-5-4-8-21(23)25(22)27-18-11-13-20(14-12-18)29-19-6-2-1-3-7-19/h1-3,6-7,10-16H,4-5,8-9H2,(H,27,28). The van der Waals surface area contributed by atoms with Crippen LogP contribution in [0.5, 0.6) is 11.5 Å². The Morgan fingerprint density at radius 1 is 0.828 bits per heavy atom. The Hall–Kier alpha value is -3.04. The summed E-state index contributed by atoms with van der Waals surface area (Å²) in [6, 6.07) is 23.8. The molecule has 3 aromatic carbocycles. The Kier molecular flexibility index (Phi) is 4.82. The van der Waals surface area contributed by atoms with Gasteiger partial charge in [-0.15, -0.1) is 0 Å². The van der Waals surface area contributed by atoms with Crippen LogP contribution in [0.3, 0.4) is 0 Å². The lowest BCUT2D eigenvalue weighted by Gasteiger charge is -2.22. The Labute approximate surface area is 175 Å². The van der Waals surface area contributed by atoms with Gasteiger partial charge in [-0.25, -0.2) is 0 Å². The molecule has 0 bridgehead atoms. The predicted octanol–water partition coefficient (Wildman–Crippen LogP) is 7.30. The van der Waals surface area contributed by atoms with Gasteiger partial charge in [0.25, 0.3) is 0 Å². The first kappa shape index (κ1) is 18.0. The van der Waals surface area contributed by atoms with Crippen molar-refractivity contribution in [1.82, 2.24) is 4.98 Å². The van der Waals surface area contributed by atoms with Gasteiger partial charge in [0.2, 0.25) is 0 Å². The highest BCUT2D eigenvalue weighted by molar-refractivity contribution is 6.31. The minimum absolute atomic E-state index is 0.717. The van der Waals surface area contributed by atoms with Crippen LogP contribution in [-0.2, 0) is 12.8 Å². The van der Waals surface area contributed by atoms with Gasteiger partial charge in [-0.05, 0) is 85.8 Å². The third kappa shape index (κ3) is 3.79. The Balaban J connectivity index is 1.48. The molecule has 0 atom stereocenters. The molecule has 1 aliphatic rings. The fourth-order valence-electron chi connectivity index (χ4n) is 3.92. The van der Waals surface area contributed by atoms with Crippen molar-refractivity contribution in [3.8, 4) is 11.5 Å². The zero-order valence-corrected chi connectivity index (χ0v) is 16.7. The van der Waals surface area contributed by atoms with Crippen LogP contribution < -0.4 is 10.1 Å². The third-order valence-corrected chi connectivity index (χ3v) is 5.56. The average Bonchev–Trinajstić information content (AvgIpc) is 2.75. The van der Waals surface area contributed by atoms with Gasteiger partial charge in [-0.3, -0.25) is 4.98 Å². The average molecular weight is 401 g/mol. The van der Waals surface area contributed by atoms with E-state index in [4.69, 9.17) is 21.3 Å². The lowest BCUT2D eigenvalue weighted by Crippen LogP contribution is -2.09. The molecule has 0 unspecified atom stereocenters. The smallest absolute Gasteiger partial charge is 0.127 e. The monoisotopic (exact) mass is 400 g/mol. The molecule has 0 fully saturated rings. The van der Waals surface area contributed by atoms with E-state index in [0.29, 0.717) is 5.02 Å². The number of anilines is 2. The number of pyridine rings is 1. The second kappa shape index (κ2) is 7.76. The summed E-state index contributed by atoms with van der Waals surface area (Å²) in [4.78, 5) is 4.90. The third-order valence-electron chi connectivity index (χ3n) is 5.33. The molecular weight excluding hydrogens is 380 g/mol. The number of ether oxygens (including phenoxy) is 1. The maximum absolute atomic E-state index is 6.22. The van der Waals surface area contributed by atoms with E-state index < -0.39 is 0 Å². The molecule has 1 aromatic heterocycles. The van der Waals surface area contributed by atoms with Crippen LogP contribution in [0.2, 0.25) is 5.02 Å². The van der Waals surface area contributed by atoms with Crippen molar-refractivity contribution in [1.29, 1.82) is 0 Å².